The minimum Gasteiger partial charge on any atom is -0.405 e. The summed E-state index contributed by atoms with van der Waals surface area (Å²) in [5, 5.41) is 10.1. The molecule has 2 aromatic carbocycles. The molecule has 0 aliphatic carbocycles. The Morgan fingerprint density at radius 1 is 1.18 bits per heavy atom. The molecule has 0 aromatic heterocycles. The number of alkyl halides is 3. The number of likely N-dealkylation sites (tertiary alicyclic amines) is 1. The number of nitrogens with one attached hydrogen (secondary N) is 2. The van der Waals surface area contributed by atoms with Crippen LogP contribution < -0.4 is 15.8 Å². The Hall–Kier alpha value is -3.53. The molecule has 1 aliphatic rings. The molecule has 0 bridgehead atoms. The number of hydrogen-bond acceptors (Lipinski definition) is 5. The first-order chi connectivity index (χ1) is 16.1. The van der Waals surface area contributed by atoms with Gasteiger partial charge in [0.05, 0.1) is 10.6 Å². The van der Waals surface area contributed by atoms with Crippen molar-refractivity contribution in [3.8, 4) is 16.9 Å². The van der Waals surface area contributed by atoms with E-state index in [9.17, 15) is 22.8 Å². The number of para-hydroxylation sites is 1. The van der Waals surface area contributed by atoms with Crippen molar-refractivity contribution in [1.82, 2.24) is 4.90 Å². The molecule has 0 radical (unpaired) electrons. The maximum Gasteiger partial charge on any atom is 0.573 e. The zero-order valence-electron chi connectivity index (χ0n) is 17.9. The van der Waals surface area contributed by atoms with Gasteiger partial charge in [-0.2, -0.15) is 0 Å². The standard InChI is InChI=1S/C23H22ClF3N4O3/c24-18-11-15(8-9-16(18)17-5-1-2-7-20(17)34-23(25,26)27)30-21(32)19-6-3-4-10-31(19)22(33)14(12-28)13-29/h1-2,5,7-9,11-13,19,28H,3-4,6,10,29H2,(H,30,32)/b14-13+,28-12?. The average Bonchev–Trinajstić information content (AvgIpc) is 2.79. The third kappa shape index (κ3) is 5.88. The molecule has 0 saturated carbocycles. The van der Waals surface area contributed by atoms with Crippen molar-refractivity contribution in [2.75, 3.05) is 11.9 Å². The molecule has 0 spiro atoms. The highest BCUT2D eigenvalue weighted by molar-refractivity contribution is 6.33. The monoisotopic (exact) mass is 494 g/mol. The minimum absolute atomic E-state index is 0.0214. The summed E-state index contributed by atoms with van der Waals surface area (Å²) >= 11 is 6.34. The van der Waals surface area contributed by atoms with Crippen molar-refractivity contribution in [2.24, 2.45) is 5.73 Å². The van der Waals surface area contributed by atoms with Gasteiger partial charge < -0.3 is 26.1 Å². The zero-order valence-corrected chi connectivity index (χ0v) is 18.6. The van der Waals surface area contributed by atoms with E-state index in [0.29, 0.717) is 25.1 Å². The SMILES string of the molecule is N=C/C(=C\N)C(=O)N1CCCCC1C(=O)Nc1ccc(-c2ccccc2OC(F)(F)F)c(Cl)c1. The van der Waals surface area contributed by atoms with Crippen molar-refractivity contribution in [1.29, 1.82) is 5.41 Å². The van der Waals surface area contributed by atoms with Crippen molar-refractivity contribution < 1.29 is 27.5 Å². The molecule has 1 saturated heterocycles. The molecular formula is C23H22ClF3N4O3. The number of nitrogens with zero attached hydrogens (tertiary/aromatic N) is 1. The molecule has 1 aliphatic heterocycles. The highest BCUT2D eigenvalue weighted by atomic mass is 35.5. The van der Waals surface area contributed by atoms with Gasteiger partial charge in [-0.15, -0.1) is 13.2 Å². The fraction of sp³-hybridized carbons (Fsp3) is 0.261. The van der Waals surface area contributed by atoms with Crippen molar-refractivity contribution in [2.45, 2.75) is 31.7 Å². The maximum atomic E-state index is 13.0. The lowest BCUT2D eigenvalue weighted by molar-refractivity contribution is -0.274. The van der Waals surface area contributed by atoms with E-state index in [1.165, 1.54) is 41.3 Å². The molecule has 1 fully saturated rings. The number of rotatable bonds is 6. The molecule has 1 atom stereocenters. The van der Waals surface area contributed by atoms with Gasteiger partial charge in [-0.25, -0.2) is 0 Å². The van der Waals surface area contributed by atoms with Gasteiger partial charge in [0.2, 0.25) is 5.91 Å². The molecule has 34 heavy (non-hydrogen) atoms. The van der Waals surface area contributed by atoms with Crippen LogP contribution in [0, 0.1) is 5.41 Å². The van der Waals surface area contributed by atoms with Crippen LogP contribution in [0.5, 0.6) is 5.75 Å². The molecule has 2 amide bonds. The first-order valence-electron chi connectivity index (χ1n) is 10.3. The van der Waals surface area contributed by atoms with E-state index in [-0.39, 0.29) is 21.7 Å². The van der Waals surface area contributed by atoms with E-state index in [0.717, 1.165) is 18.8 Å². The second-order valence-electron chi connectivity index (χ2n) is 7.50. The van der Waals surface area contributed by atoms with Crippen LogP contribution >= 0.6 is 11.6 Å². The van der Waals surface area contributed by atoms with Gasteiger partial charge in [0.25, 0.3) is 5.91 Å². The fourth-order valence-electron chi connectivity index (χ4n) is 3.73. The number of carbonyl (C=O) groups excluding carboxylic acids is 2. The predicted molar refractivity (Wildman–Crippen MR) is 123 cm³/mol. The minimum atomic E-state index is -4.86. The van der Waals surface area contributed by atoms with Gasteiger partial charge in [0.1, 0.15) is 11.8 Å². The second kappa shape index (κ2) is 10.6. The van der Waals surface area contributed by atoms with Gasteiger partial charge >= 0.3 is 6.36 Å². The van der Waals surface area contributed by atoms with Crippen LogP contribution in [0.3, 0.4) is 0 Å². The Labute approximate surface area is 198 Å². The van der Waals surface area contributed by atoms with Gasteiger partial charge in [0.15, 0.2) is 0 Å². The third-order valence-electron chi connectivity index (χ3n) is 5.29. The van der Waals surface area contributed by atoms with Gasteiger partial charge in [-0.1, -0.05) is 35.9 Å². The van der Waals surface area contributed by atoms with Gasteiger partial charge in [-0.05, 0) is 37.5 Å². The molecule has 4 N–H and O–H groups in total. The quantitative estimate of drug-likeness (QED) is 0.399. The summed E-state index contributed by atoms with van der Waals surface area (Å²) in [5.41, 5.74) is 6.13. The zero-order chi connectivity index (χ0) is 24.9. The van der Waals surface area contributed by atoms with E-state index >= 15 is 0 Å². The molecule has 3 rings (SSSR count). The molecule has 1 heterocycles. The van der Waals surface area contributed by atoms with E-state index in [4.69, 9.17) is 22.7 Å². The first-order valence-corrected chi connectivity index (χ1v) is 10.7. The smallest absolute Gasteiger partial charge is 0.405 e. The van der Waals surface area contributed by atoms with Crippen LogP contribution in [0.25, 0.3) is 11.1 Å². The van der Waals surface area contributed by atoms with E-state index in [1.807, 2.05) is 0 Å². The largest absolute Gasteiger partial charge is 0.573 e. The van der Waals surface area contributed by atoms with Crippen LogP contribution in [-0.4, -0.2) is 41.9 Å². The highest BCUT2D eigenvalue weighted by Gasteiger charge is 2.34. The molecule has 11 heteroatoms. The topological polar surface area (TPSA) is 109 Å². The van der Waals surface area contributed by atoms with Crippen LogP contribution in [0.2, 0.25) is 5.02 Å². The summed E-state index contributed by atoms with van der Waals surface area (Å²) in [5.74, 6) is -1.36. The average molecular weight is 495 g/mol. The lowest BCUT2D eigenvalue weighted by Gasteiger charge is -2.34. The van der Waals surface area contributed by atoms with Crippen molar-refractivity contribution in [3.63, 3.8) is 0 Å². The summed E-state index contributed by atoms with van der Waals surface area (Å²) in [4.78, 5) is 27.0. The second-order valence-corrected chi connectivity index (χ2v) is 7.91. The normalized spacial score (nSPS) is 16.6. The number of benzene rings is 2. The van der Waals surface area contributed by atoms with E-state index in [2.05, 4.69) is 10.1 Å². The van der Waals surface area contributed by atoms with Crippen molar-refractivity contribution in [3.05, 3.63) is 59.3 Å². The number of piperidine rings is 1. The van der Waals surface area contributed by atoms with Crippen LogP contribution in [0.4, 0.5) is 18.9 Å². The van der Waals surface area contributed by atoms with Crippen LogP contribution in [0.15, 0.2) is 54.2 Å². The van der Waals surface area contributed by atoms with Gasteiger partial charge in [0, 0.05) is 35.8 Å². The molecule has 180 valence electrons. The number of nitrogens with two attached hydrogens (primary N) is 1. The molecule has 2 aromatic rings. The summed E-state index contributed by atoms with van der Waals surface area (Å²) in [6, 6.07) is 9.21. The Morgan fingerprint density at radius 3 is 2.56 bits per heavy atom. The van der Waals surface area contributed by atoms with E-state index < -0.39 is 30.0 Å². The Bertz CT molecular complexity index is 1120. The number of ether oxygens (including phenoxy) is 1. The Kier molecular flexibility index (Phi) is 7.83. The first kappa shape index (κ1) is 25.1. The third-order valence-corrected chi connectivity index (χ3v) is 5.60. The summed E-state index contributed by atoms with van der Waals surface area (Å²) in [6.45, 7) is 0.345. The summed E-state index contributed by atoms with van der Waals surface area (Å²) in [6.07, 6.45) is -1.12. The fourth-order valence-corrected chi connectivity index (χ4v) is 4.02. The molecular weight excluding hydrogens is 473 g/mol. The van der Waals surface area contributed by atoms with Crippen LogP contribution in [0.1, 0.15) is 19.3 Å². The number of hydrogen-bond donors (Lipinski definition) is 3. The van der Waals surface area contributed by atoms with E-state index in [1.54, 1.807) is 6.07 Å². The Morgan fingerprint density at radius 2 is 1.91 bits per heavy atom. The maximum absolute atomic E-state index is 13.0. The lowest BCUT2D eigenvalue weighted by Crippen LogP contribution is -2.50. The molecule has 1 unspecified atom stereocenters. The number of amides is 2. The summed E-state index contributed by atoms with van der Waals surface area (Å²) in [7, 11) is 0. The number of carbonyl (C=O) groups is 2. The summed E-state index contributed by atoms with van der Waals surface area (Å²) < 4.78 is 42.4. The number of anilines is 1. The van der Waals surface area contributed by atoms with Gasteiger partial charge in [-0.3, -0.25) is 9.59 Å². The predicted octanol–water partition coefficient (Wildman–Crippen LogP) is 4.72. The van der Waals surface area contributed by atoms with Crippen LogP contribution in [-0.2, 0) is 9.59 Å². The number of halogens is 4. The Balaban J connectivity index is 1.81. The van der Waals surface area contributed by atoms with Crippen molar-refractivity contribution >= 4 is 35.3 Å². The lowest BCUT2D eigenvalue weighted by atomic mass is 10.00. The highest BCUT2D eigenvalue weighted by Crippen LogP contribution is 2.38. The molecule has 7 nitrogen and oxygen atoms in total.